The minimum Gasteiger partial charge on any atom is -0.480 e. The van der Waals surface area contributed by atoms with Crippen LogP contribution in [0.1, 0.15) is 12.8 Å². The molecule has 0 bridgehead atoms. The molecule has 0 aromatic carbocycles. The van der Waals surface area contributed by atoms with Gasteiger partial charge in [-0.2, -0.15) is 0 Å². The van der Waals surface area contributed by atoms with E-state index in [4.69, 9.17) is 10.8 Å². The summed E-state index contributed by atoms with van der Waals surface area (Å²) in [5, 5.41) is 8.53. The van der Waals surface area contributed by atoms with E-state index >= 15 is 0 Å². The summed E-state index contributed by atoms with van der Waals surface area (Å²) < 4.78 is 0. The summed E-state index contributed by atoms with van der Waals surface area (Å²) in [6, 6.07) is -0.775. The molecule has 0 amide bonds. The van der Waals surface area contributed by atoms with E-state index in [1.54, 1.807) is 6.21 Å². The number of rotatable bonds is 3. The predicted octanol–water partition coefficient (Wildman–Crippen LogP) is 0.189. The van der Waals surface area contributed by atoms with Gasteiger partial charge in [-0.05, 0) is 18.9 Å². The summed E-state index contributed by atoms with van der Waals surface area (Å²) in [7, 11) is 0. The highest BCUT2D eigenvalue weighted by molar-refractivity contribution is 5.76. The van der Waals surface area contributed by atoms with Gasteiger partial charge in [-0.1, -0.05) is 5.57 Å². The van der Waals surface area contributed by atoms with Crippen LogP contribution in [0.5, 0.6) is 0 Å². The van der Waals surface area contributed by atoms with Gasteiger partial charge in [-0.3, -0.25) is 9.79 Å². The van der Waals surface area contributed by atoms with Crippen molar-refractivity contribution < 1.29 is 9.90 Å². The first-order chi connectivity index (χ1) is 5.70. The van der Waals surface area contributed by atoms with Crippen LogP contribution < -0.4 is 5.73 Å². The van der Waals surface area contributed by atoms with E-state index in [1.807, 2.05) is 6.08 Å². The van der Waals surface area contributed by atoms with Crippen LogP contribution in [0.2, 0.25) is 0 Å². The zero-order valence-electron chi connectivity index (χ0n) is 6.73. The molecule has 0 spiro atoms. The summed E-state index contributed by atoms with van der Waals surface area (Å²) in [6.45, 7) is 0.748. The highest BCUT2D eigenvalue weighted by Crippen LogP contribution is 2.11. The average molecular weight is 168 g/mol. The van der Waals surface area contributed by atoms with E-state index in [1.165, 1.54) is 0 Å². The maximum Gasteiger partial charge on any atom is 0.320 e. The Morgan fingerprint density at radius 2 is 2.58 bits per heavy atom. The molecule has 1 unspecified atom stereocenters. The smallest absolute Gasteiger partial charge is 0.320 e. The molecule has 12 heavy (non-hydrogen) atoms. The lowest BCUT2D eigenvalue weighted by atomic mass is 10.0. The molecule has 0 aliphatic carbocycles. The first-order valence-electron chi connectivity index (χ1n) is 3.86. The minimum absolute atomic E-state index is 0.432. The molecule has 3 N–H and O–H groups in total. The first kappa shape index (κ1) is 8.93. The first-order valence-corrected chi connectivity index (χ1v) is 3.86. The Labute approximate surface area is 70.8 Å². The van der Waals surface area contributed by atoms with Gasteiger partial charge in [0.05, 0.1) is 0 Å². The molecule has 0 aromatic heterocycles. The second kappa shape index (κ2) is 4.01. The molecule has 4 heteroatoms. The van der Waals surface area contributed by atoms with Gasteiger partial charge in [0.2, 0.25) is 0 Å². The van der Waals surface area contributed by atoms with Gasteiger partial charge in [0.25, 0.3) is 0 Å². The third-order valence-corrected chi connectivity index (χ3v) is 1.78. The molecule has 1 aliphatic heterocycles. The monoisotopic (exact) mass is 168 g/mol. The number of nitrogens with zero attached hydrogens (tertiary/aromatic N) is 1. The lowest BCUT2D eigenvalue weighted by molar-refractivity contribution is -0.138. The number of carboxylic acids is 1. The standard InChI is InChI=1S/C8H12N2O2/c9-7(8(11)12)5-6-1-3-10-4-2-6/h1,3,7H,2,4-5,9H2,(H,11,12). The SMILES string of the molecule is NC(CC1=CC=NCC1)C(=O)O. The van der Waals surface area contributed by atoms with Gasteiger partial charge < -0.3 is 10.8 Å². The molecular formula is C8H12N2O2. The average Bonchev–Trinajstić information content (AvgIpc) is 2.06. The number of nitrogens with two attached hydrogens (primary N) is 1. The Kier molecular flexibility index (Phi) is 2.99. The molecule has 0 saturated carbocycles. The van der Waals surface area contributed by atoms with Crippen molar-refractivity contribution in [3.8, 4) is 0 Å². The van der Waals surface area contributed by atoms with E-state index < -0.39 is 12.0 Å². The topological polar surface area (TPSA) is 75.7 Å². The lowest BCUT2D eigenvalue weighted by Gasteiger charge is -2.10. The van der Waals surface area contributed by atoms with Crippen LogP contribution in [0.15, 0.2) is 16.6 Å². The van der Waals surface area contributed by atoms with Crippen LogP contribution in [0, 0.1) is 0 Å². The fraction of sp³-hybridized carbons (Fsp3) is 0.500. The van der Waals surface area contributed by atoms with E-state index in [0.717, 1.165) is 18.5 Å². The van der Waals surface area contributed by atoms with Crippen LogP contribution in [0.25, 0.3) is 0 Å². The van der Waals surface area contributed by atoms with Gasteiger partial charge >= 0.3 is 5.97 Å². The fourth-order valence-electron chi connectivity index (χ4n) is 1.06. The fourth-order valence-corrected chi connectivity index (χ4v) is 1.06. The van der Waals surface area contributed by atoms with Gasteiger partial charge in [0, 0.05) is 12.8 Å². The van der Waals surface area contributed by atoms with Crippen LogP contribution in [-0.2, 0) is 4.79 Å². The van der Waals surface area contributed by atoms with Gasteiger partial charge in [-0.15, -0.1) is 0 Å². The molecule has 1 rings (SSSR count). The highest BCUT2D eigenvalue weighted by atomic mass is 16.4. The van der Waals surface area contributed by atoms with Crippen molar-refractivity contribution in [1.29, 1.82) is 0 Å². The van der Waals surface area contributed by atoms with E-state index in [-0.39, 0.29) is 0 Å². The molecule has 1 aliphatic rings. The molecule has 66 valence electrons. The molecular weight excluding hydrogens is 156 g/mol. The number of carbonyl (C=O) groups is 1. The summed E-state index contributed by atoms with van der Waals surface area (Å²) in [5.41, 5.74) is 6.43. The number of dihydropyridines is 1. The minimum atomic E-state index is -0.946. The summed E-state index contributed by atoms with van der Waals surface area (Å²) >= 11 is 0. The second-order valence-corrected chi connectivity index (χ2v) is 2.78. The maximum atomic E-state index is 10.4. The predicted molar refractivity (Wildman–Crippen MR) is 46.3 cm³/mol. The Bertz CT molecular complexity index is 233. The third-order valence-electron chi connectivity index (χ3n) is 1.78. The Hall–Kier alpha value is -1.16. The number of hydrogen-bond donors (Lipinski definition) is 2. The zero-order valence-corrected chi connectivity index (χ0v) is 6.73. The van der Waals surface area contributed by atoms with Crippen molar-refractivity contribution in [3.63, 3.8) is 0 Å². The Morgan fingerprint density at radius 1 is 1.83 bits per heavy atom. The summed E-state index contributed by atoms with van der Waals surface area (Å²) in [6.07, 6.45) is 4.80. The largest absolute Gasteiger partial charge is 0.480 e. The number of carboxylic acid groups (broad SMARTS) is 1. The number of aliphatic carboxylic acids is 1. The van der Waals surface area contributed by atoms with Crippen molar-refractivity contribution in [2.24, 2.45) is 10.7 Å². The third kappa shape index (κ3) is 2.47. The maximum absolute atomic E-state index is 10.4. The quantitative estimate of drug-likeness (QED) is 0.631. The van der Waals surface area contributed by atoms with Crippen LogP contribution >= 0.6 is 0 Å². The van der Waals surface area contributed by atoms with E-state index in [0.29, 0.717) is 6.42 Å². The van der Waals surface area contributed by atoms with Crippen molar-refractivity contribution in [1.82, 2.24) is 0 Å². The Balaban J connectivity index is 2.45. The number of allylic oxidation sites excluding steroid dienone is 1. The highest BCUT2D eigenvalue weighted by Gasteiger charge is 2.13. The van der Waals surface area contributed by atoms with Crippen LogP contribution in [0.4, 0.5) is 0 Å². The van der Waals surface area contributed by atoms with Gasteiger partial charge in [0.15, 0.2) is 0 Å². The zero-order chi connectivity index (χ0) is 8.97. The van der Waals surface area contributed by atoms with Crippen molar-refractivity contribution in [2.75, 3.05) is 6.54 Å². The van der Waals surface area contributed by atoms with Crippen molar-refractivity contribution in [3.05, 3.63) is 11.6 Å². The molecule has 0 fully saturated rings. The molecule has 1 atom stereocenters. The van der Waals surface area contributed by atoms with Crippen LogP contribution in [0.3, 0.4) is 0 Å². The molecule has 4 nitrogen and oxygen atoms in total. The van der Waals surface area contributed by atoms with E-state index in [9.17, 15) is 4.79 Å². The van der Waals surface area contributed by atoms with Gasteiger partial charge in [0.1, 0.15) is 6.04 Å². The number of hydrogen-bond acceptors (Lipinski definition) is 3. The van der Waals surface area contributed by atoms with E-state index in [2.05, 4.69) is 4.99 Å². The van der Waals surface area contributed by atoms with Gasteiger partial charge in [-0.25, -0.2) is 0 Å². The second-order valence-electron chi connectivity index (χ2n) is 2.78. The Morgan fingerprint density at radius 3 is 3.08 bits per heavy atom. The normalized spacial score (nSPS) is 18.6. The summed E-state index contributed by atoms with van der Waals surface area (Å²) in [4.78, 5) is 14.4. The van der Waals surface area contributed by atoms with Crippen LogP contribution in [-0.4, -0.2) is 29.9 Å². The summed E-state index contributed by atoms with van der Waals surface area (Å²) in [5.74, 6) is -0.946. The molecule has 0 saturated heterocycles. The molecule has 0 radical (unpaired) electrons. The lowest BCUT2D eigenvalue weighted by Crippen LogP contribution is -2.30. The van der Waals surface area contributed by atoms with Crippen molar-refractivity contribution >= 4 is 12.2 Å². The molecule has 0 aromatic rings. The molecule has 1 heterocycles. The van der Waals surface area contributed by atoms with Crippen molar-refractivity contribution in [2.45, 2.75) is 18.9 Å². The number of aliphatic imine (C=N–C) groups is 1.